The monoisotopic (exact) mass is 410 g/mol. The Bertz CT molecular complexity index is 910. The van der Waals surface area contributed by atoms with E-state index in [9.17, 15) is 14.4 Å². The van der Waals surface area contributed by atoms with Gasteiger partial charge in [0.05, 0.1) is 12.2 Å². The highest BCUT2D eigenvalue weighted by Gasteiger charge is 2.22. The molecule has 1 aliphatic rings. The zero-order valence-electron chi connectivity index (χ0n) is 17.3. The van der Waals surface area contributed by atoms with Crippen molar-refractivity contribution in [2.45, 2.75) is 26.3 Å². The number of amides is 2. The summed E-state index contributed by atoms with van der Waals surface area (Å²) < 4.78 is 10.6. The second-order valence-corrected chi connectivity index (χ2v) is 7.10. The second-order valence-electron chi connectivity index (χ2n) is 7.10. The van der Waals surface area contributed by atoms with Crippen molar-refractivity contribution in [2.24, 2.45) is 0 Å². The summed E-state index contributed by atoms with van der Waals surface area (Å²) in [5.41, 5.74) is 1.93. The maximum Gasteiger partial charge on any atom is 0.338 e. The minimum atomic E-state index is -0.591. The Labute approximate surface area is 176 Å². The maximum atomic E-state index is 12.4. The molecule has 1 fully saturated rings. The van der Waals surface area contributed by atoms with Crippen molar-refractivity contribution >= 4 is 23.5 Å². The largest absolute Gasteiger partial charge is 0.494 e. The van der Waals surface area contributed by atoms with E-state index in [-0.39, 0.29) is 18.4 Å². The Kier molecular flexibility index (Phi) is 7.06. The number of likely N-dealkylation sites (N-methyl/N-ethyl adjacent to an activating group) is 1. The number of benzene rings is 2. The van der Waals surface area contributed by atoms with Crippen LogP contribution < -0.4 is 9.64 Å². The smallest absolute Gasteiger partial charge is 0.338 e. The van der Waals surface area contributed by atoms with E-state index < -0.39 is 5.97 Å². The number of rotatable bonds is 8. The third kappa shape index (κ3) is 5.37. The lowest BCUT2D eigenvalue weighted by Crippen LogP contribution is -2.30. The Morgan fingerprint density at radius 1 is 1.13 bits per heavy atom. The summed E-state index contributed by atoms with van der Waals surface area (Å²) in [6, 6.07) is 14.2. The van der Waals surface area contributed by atoms with Crippen LogP contribution >= 0.6 is 0 Å². The molecule has 0 aromatic heterocycles. The van der Waals surface area contributed by atoms with Gasteiger partial charge >= 0.3 is 5.97 Å². The van der Waals surface area contributed by atoms with Gasteiger partial charge in [-0.1, -0.05) is 18.2 Å². The molecule has 0 radical (unpaired) electrons. The van der Waals surface area contributed by atoms with E-state index in [0.717, 1.165) is 17.7 Å². The minimum Gasteiger partial charge on any atom is -0.494 e. The van der Waals surface area contributed by atoms with Crippen LogP contribution in [0.3, 0.4) is 0 Å². The van der Waals surface area contributed by atoms with E-state index in [1.807, 2.05) is 31.2 Å². The molecule has 1 aliphatic heterocycles. The van der Waals surface area contributed by atoms with Gasteiger partial charge in [0, 0.05) is 32.2 Å². The van der Waals surface area contributed by atoms with Gasteiger partial charge in [-0.05, 0) is 49.2 Å². The molecule has 158 valence electrons. The van der Waals surface area contributed by atoms with Gasteiger partial charge in [-0.25, -0.2) is 4.79 Å². The molecule has 0 atom stereocenters. The summed E-state index contributed by atoms with van der Waals surface area (Å²) in [6.45, 7) is 3.21. The van der Waals surface area contributed by atoms with E-state index in [4.69, 9.17) is 9.47 Å². The first kappa shape index (κ1) is 21.4. The van der Waals surface area contributed by atoms with Crippen molar-refractivity contribution in [3.05, 3.63) is 59.7 Å². The fourth-order valence-corrected chi connectivity index (χ4v) is 3.26. The summed E-state index contributed by atoms with van der Waals surface area (Å²) in [5.74, 6) is -0.0666. The van der Waals surface area contributed by atoms with Crippen LogP contribution in [0.5, 0.6) is 5.75 Å². The van der Waals surface area contributed by atoms with Crippen molar-refractivity contribution in [2.75, 3.05) is 31.7 Å². The number of hydrogen-bond donors (Lipinski definition) is 0. The predicted octanol–water partition coefficient (Wildman–Crippen LogP) is 3.03. The molecule has 0 spiro atoms. The van der Waals surface area contributed by atoms with Crippen LogP contribution in [0.4, 0.5) is 5.69 Å². The standard InChI is InChI=1S/C23H26N2O5/c1-3-29-20-11-9-17(10-12-20)15-24(2)22(27)16-30-23(28)18-6-4-7-19(14-18)25-13-5-8-21(25)26/h4,6-7,9-12,14H,3,5,8,13,15-16H2,1-2H3. The van der Waals surface area contributed by atoms with Gasteiger partial charge in [0.1, 0.15) is 5.75 Å². The zero-order chi connectivity index (χ0) is 21.5. The lowest BCUT2D eigenvalue weighted by atomic mass is 10.2. The number of anilines is 1. The third-order valence-electron chi connectivity index (χ3n) is 4.87. The van der Waals surface area contributed by atoms with Gasteiger partial charge in [-0.2, -0.15) is 0 Å². The van der Waals surface area contributed by atoms with E-state index >= 15 is 0 Å². The average Bonchev–Trinajstić information content (AvgIpc) is 3.19. The first-order valence-electron chi connectivity index (χ1n) is 10.0. The normalized spacial score (nSPS) is 13.3. The minimum absolute atomic E-state index is 0.0478. The summed E-state index contributed by atoms with van der Waals surface area (Å²) in [4.78, 5) is 39.8. The number of carbonyl (C=O) groups excluding carboxylic acids is 3. The van der Waals surface area contributed by atoms with Gasteiger partial charge in [0.15, 0.2) is 6.61 Å². The molecule has 7 nitrogen and oxygen atoms in total. The number of hydrogen-bond acceptors (Lipinski definition) is 5. The van der Waals surface area contributed by atoms with Crippen LogP contribution in [0.1, 0.15) is 35.7 Å². The van der Waals surface area contributed by atoms with E-state index in [1.165, 1.54) is 4.90 Å². The molecule has 1 heterocycles. The van der Waals surface area contributed by atoms with Crippen LogP contribution in [0.15, 0.2) is 48.5 Å². The summed E-state index contributed by atoms with van der Waals surface area (Å²) in [7, 11) is 1.66. The third-order valence-corrected chi connectivity index (χ3v) is 4.87. The van der Waals surface area contributed by atoms with Crippen LogP contribution in [0.25, 0.3) is 0 Å². The van der Waals surface area contributed by atoms with Crippen molar-refractivity contribution in [3.63, 3.8) is 0 Å². The Hall–Kier alpha value is -3.35. The summed E-state index contributed by atoms with van der Waals surface area (Å²) in [6.07, 6.45) is 1.33. The molecule has 0 aliphatic carbocycles. The number of nitrogens with zero attached hydrogens (tertiary/aromatic N) is 2. The molecule has 2 aromatic rings. The van der Waals surface area contributed by atoms with E-state index in [1.54, 1.807) is 36.2 Å². The van der Waals surface area contributed by atoms with E-state index in [0.29, 0.717) is 37.4 Å². The van der Waals surface area contributed by atoms with Crippen molar-refractivity contribution in [1.82, 2.24) is 4.90 Å². The van der Waals surface area contributed by atoms with Gasteiger partial charge in [-0.15, -0.1) is 0 Å². The molecule has 30 heavy (non-hydrogen) atoms. The van der Waals surface area contributed by atoms with Gasteiger partial charge in [0.25, 0.3) is 5.91 Å². The molecule has 7 heteroatoms. The summed E-state index contributed by atoms with van der Waals surface area (Å²) in [5, 5.41) is 0. The van der Waals surface area contributed by atoms with Crippen molar-refractivity contribution in [3.8, 4) is 5.75 Å². The first-order valence-corrected chi connectivity index (χ1v) is 10.0. The summed E-state index contributed by atoms with van der Waals surface area (Å²) >= 11 is 0. The van der Waals surface area contributed by atoms with Crippen LogP contribution in [-0.2, 0) is 20.9 Å². The zero-order valence-corrected chi connectivity index (χ0v) is 17.3. The molecule has 1 saturated heterocycles. The molecular weight excluding hydrogens is 384 g/mol. The highest BCUT2D eigenvalue weighted by molar-refractivity contribution is 5.97. The van der Waals surface area contributed by atoms with Gasteiger partial charge in [-0.3, -0.25) is 9.59 Å². The highest BCUT2D eigenvalue weighted by Crippen LogP contribution is 2.22. The molecule has 2 aromatic carbocycles. The lowest BCUT2D eigenvalue weighted by Gasteiger charge is -2.18. The lowest BCUT2D eigenvalue weighted by molar-refractivity contribution is -0.133. The van der Waals surface area contributed by atoms with E-state index in [2.05, 4.69) is 0 Å². The first-order chi connectivity index (χ1) is 14.5. The Morgan fingerprint density at radius 3 is 2.57 bits per heavy atom. The fourth-order valence-electron chi connectivity index (χ4n) is 3.26. The molecule has 0 unspecified atom stereocenters. The number of carbonyl (C=O) groups is 3. The predicted molar refractivity (Wildman–Crippen MR) is 112 cm³/mol. The number of ether oxygens (including phenoxy) is 2. The molecule has 0 bridgehead atoms. The fraction of sp³-hybridized carbons (Fsp3) is 0.348. The average molecular weight is 410 g/mol. The molecular formula is C23H26N2O5. The van der Waals surface area contributed by atoms with Crippen LogP contribution in [0, 0.1) is 0 Å². The van der Waals surface area contributed by atoms with Gasteiger partial charge < -0.3 is 19.3 Å². The van der Waals surface area contributed by atoms with Crippen LogP contribution in [-0.4, -0.2) is 49.5 Å². The maximum absolute atomic E-state index is 12.4. The molecule has 0 N–H and O–H groups in total. The topological polar surface area (TPSA) is 76.2 Å². The quantitative estimate of drug-likeness (QED) is 0.626. The van der Waals surface area contributed by atoms with Gasteiger partial charge in [0.2, 0.25) is 5.91 Å². The van der Waals surface area contributed by atoms with Crippen LogP contribution in [0.2, 0.25) is 0 Å². The highest BCUT2D eigenvalue weighted by atomic mass is 16.5. The van der Waals surface area contributed by atoms with Crippen molar-refractivity contribution in [1.29, 1.82) is 0 Å². The van der Waals surface area contributed by atoms with Crippen molar-refractivity contribution < 1.29 is 23.9 Å². The molecule has 2 amide bonds. The second kappa shape index (κ2) is 9.91. The number of esters is 1. The molecule has 0 saturated carbocycles. The SMILES string of the molecule is CCOc1ccc(CN(C)C(=O)COC(=O)c2cccc(N3CCCC3=O)c2)cc1. The Balaban J connectivity index is 1.52. The molecule has 3 rings (SSSR count). The Morgan fingerprint density at radius 2 is 1.90 bits per heavy atom.